The number of methoxy groups -OCH3 is 1. The molecule has 0 saturated heterocycles. The molecule has 0 saturated carbocycles. The summed E-state index contributed by atoms with van der Waals surface area (Å²) in [6.45, 7) is 6.38. The molecule has 0 aliphatic rings. The smallest absolute Gasteiger partial charge is 0.266 e. The normalized spacial score (nSPS) is 12.1. The molecule has 8 heteroatoms. The Bertz CT molecular complexity index is 1470. The zero-order valence-corrected chi connectivity index (χ0v) is 22.0. The highest BCUT2D eigenvalue weighted by Crippen LogP contribution is 2.28. The van der Waals surface area contributed by atoms with Crippen LogP contribution in [0.2, 0.25) is 10.0 Å². The first kappa shape index (κ1) is 25.7. The number of rotatable bonds is 7. The van der Waals surface area contributed by atoms with E-state index in [-0.39, 0.29) is 17.4 Å². The second-order valence-electron chi connectivity index (χ2n) is 8.98. The highest BCUT2D eigenvalue weighted by molar-refractivity contribution is 6.33. The van der Waals surface area contributed by atoms with Crippen molar-refractivity contribution < 1.29 is 9.53 Å². The van der Waals surface area contributed by atoms with E-state index in [4.69, 9.17) is 32.9 Å². The Morgan fingerprint density at radius 2 is 1.72 bits per heavy atom. The minimum absolute atomic E-state index is 0.162. The lowest BCUT2D eigenvalue weighted by molar-refractivity contribution is 0.0655. The minimum Gasteiger partial charge on any atom is -0.497 e. The van der Waals surface area contributed by atoms with Gasteiger partial charge in [0.15, 0.2) is 0 Å². The quantitative estimate of drug-likeness (QED) is 0.275. The first-order valence-electron chi connectivity index (χ1n) is 11.6. The zero-order chi connectivity index (χ0) is 26.0. The van der Waals surface area contributed by atoms with E-state index >= 15 is 0 Å². The van der Waals surface area contributed by atoms with E-state index in [1.165, 1.54) is 0 Å². The number of fused-ring (bicyclic) bond motifs is 1. The zero-order valence-electron chi connectivity index (χ0n) is 20.5. The SMILES string of the molecule is COc1ccc(-n2c(C(C)N(CC(C)C)C(=O)c3ccccc3Cl)nc3cc(Cl)ccc3c2=O)cc1. The van der Waals surface area contributed by atoms with E-state index in [2.05, 4.69) is 0 Å². The van der Waals surface area contributed by atoms with Crippen molar-refractivity contribution in [1.82, 2.24) is 14.5 Å². The molecule has 0 fully saturated rings. The van der Waals surface area contributed by atoms with Crippen molar-refractivity contribution in [3.8, 4) is 11.4 Å². The Morgan fingerprint density at radius 1 is 1.03 bits per heavy atom. The largest absolute Gasteiger partial charge is 0.497 e. The predicted molar refractivity (Wildman–Crippen MR) is 145 cm³/mol. The van der Waals surface area contributed by atoms with Gasteiger partial charge in [0.05, 0.1) is 40.3 Å². The van der Waals surface area contributed by atoms with Gasteiger partial charge in [-0.25, -0.2) is 4.98 Å². The van der Waals surface area contributed by atoms with E-state index in [1.807, 2.05) is 20.8 Å². The van der Waals surface area contributed by atoms with Crippen molar-refractivity contribution in [2.75, 3.05) is 13.7 Å². The standard InChI is InChI=1S/C28H27Cl2N3O3/c1-17(2)16-32(27(34)22-7-5-6-8-24(22)30)18(3)26-31-25-15-19(29)9-14-23(25)28(35)33(26)20-10-12-21(36-4)13-11-20/h5-15,17-18H,16H2,1-4H3. The van der Waals surface area contributed by atoms with E-state index in [0.29, 0.717) is 50.3 Å². The van der Waals surface area contributed by atoms with Gasteiger partial charge in [0.25, 0.3) is 11.5 Å². The van der Waals surface area contributed by atoms with Crippen molar-refractivity contribution in [1.29, 1.82) is 0 Å². The molecule has 6 nitrogen and oxygen atoms in total. The Hall–Kier alpha value is -3.35. The van der Waals surface area contributed by atoms with Crippen LogP contribution in [0.1, 0.15) is 43.0 Å². The summed E-state index contributed by atoms with van der Waals surface area (Å²) < 4.78 is 6.84. The van der Waals surface area contributed by atoms with E-state index in [0.717, 1.165) is 0 Å². The number of ether oxygens (including phenoxy) is 1. The van der Waals surface area contributed by atoms with Crippen LogP contribution in [0.3, 0.4) is 0 Å². The molecular weight excluding hydrogens is 497 g/mol. The number of benzene rings is 3. The van der Waals surface area contributed by atoms with E-state index in [9.17, 15) is 9.59 Å². The molecule has 1 heterocycles. The van der Waals surface area contributed by atoms with E-state index < -0.39 is 6.04 Å². The third kappa shape index (κ3) is 5.11. The minimum atomic E-state index is -0.561. The molecule has 1 aromatic heterocycles. The Kier molecular flexibility index (Phi) is 7.67. The number of hydrogen-bond acceptors (Lipinski definition) is 4. The fourth-order valence-corrected chi connectivity index (χ4v) is 4.56. The van der Waals surface area contributed by atoms with Crippen LogP contribution in [0.4, 0.5) is 0 Å². The van der Waals surface area contributed by atoms with E-state index in [1.54, 1.807) is 83.3 Å². The number of aromatic nitrogens is 2. The molecule has 4 aromatic rings. The van der Waals surface area contributed by atoms with Crippen LogP contribution in [0.25, 0.3) is 16.6 Å². The first-order valence-corrected chi connectivity index (χ1v) is 12.4. The van der Waals surface area contributed by atoms with Crippen molar-refractivity contribution in [3.05, 3.63) is 98.5 Å². The lowest BCUT2D eigenvalue weighted by Crippen LogP contribution is -2.39. The summed E-state index contributed by atoms with van der Waals surface area (Å²) in [5.41, 5.74) is 1.22. The van der Waals surface area contributed by atoms with Crippen LogP contribution in [0.5, 0.6) is 5.75 Å². The van der Waals surface area contributed by atoms with Crippen LogP contribution < -0.4 is 10.3 Å². The monoisotopic (exact) mass is 523 g/mol. The van der Waals surface area contributed by atoms with Crippen molar-refractivity contribution in [3.63, 3.8) is 0 Å². The molecule has 0 radical (unpaired) electrons. The topological polar surface area (TPSA) is 64.4 Å². The second-order valence-corrected chi connectivity index (χ2v) is 9.82. The summed E-state index contributed by atoms with van der Waals surface area (Å²) in [7, 11) is 1.58. The third-order valence-electron chi connectivity index (χ3n) is 5.96. The summed E-state index contributed by atoms with van der Waals surface area (Å²) >= 11 is 12.6. The molecule has 36 heavy (non-hydrogen) atoms. The fraction of sp³-hybridized carbons (Fsp3) is 0.250. The lowest BCUT2D eigenvalue weighted by Gasteiger charge is -2.32. The number of hydrogen-bond donors (Lipinski definition) is 0. The van der Waals surface area contributed by atoms with Crippen LogP contribution in [0.15, 0.2) is 71.5 Å². The fourth-order valence-electron chi connectivity index (χ4n) is 4.18. The first-order chi connectivity index (χ1) is 17.2. The highest BCUT2D eigenvalue weighted by Gasteiger charge is 2.29. The van der Waals surface area contributed by atoms with Crippen molar-refractivity contribution >= 4 is 40.0 Å². The summed E-state index contributed by atoms with van der Waals surface area (Å²) in [4.78, 5) is 34.1. The van der Waals surface area contributed by atoms with Crippen LogP contribution in [-0.2, 0) is 0 Å². The number of halogens is 2. The van der Waals surface area contributed by atoms with Gasteiger partial charge in [0.2, 0.25) is 0 Å². The maximum atomic E-state index is 13.8. The molecule has 186 valence electrons. The summed E-state index contributed by atoms with van der Waals surface area (Å²) in [6.07, 6.45) is 0. The van der Waals surface area contributed by atoms with Crippen LogP contribution in [-0.4, -0.2) is 34.0 Å². The van der Waals surface area contributed by atoms with Gasteiger partial charge >= 0.3 is 0 Å². The van der Waals surface area contributed by atoms with Gasteiger partial charge in [-0.05, 0) is 67.4 Å². The van der Waals surface area contributed by atoms with Crippen LogP contribution >= 0.6 is 23.2 Å². The average Bonchev–Trinajstić information content (AvgIpc) is 2.86. The molecule has 0 aliphatic heterocycles. The maximum Gasteiger partial charge on any atom is 0.266 e. The molecule has 3 aromatic carbocycles. The molecule has 1 atom stereocenters. The van der Waals surface area contributed by atoms with Gasteiger partial charge < -0.3 is 9.64 Å². The van der Waals surface area contributed by atoms with Gasteiger partial charge in [-0.2, -0.15) is 0 Å². The second kappa shape index (κ2) is 10.7. The number of nitrogens with zero attached hydrogens (tertiary/aromatic N) is 3. The average molecular weight is 524 g/mol. The van der Waals surface area contributed by atoms with Gasteiger partial charge in [-0.1, -0.05) is 49.2 Å². The Balaban J connectivity index is 1.94. The Labute approximate surface area is 220 Å². The maximum absolute atomic E-state index is 13.8. The highest BCUT2D eigenvalue weighted by atomic mass is 35.5. The summed E-state index contributed by atoms with van der Waals surface area (Å²) in [6, 6.07) is 18.5. The van der Waals surface area contributed by atoms with Gasteiger partial charge in [-0.3, -0.25) is 14.2 Å². The molecule has 0 N–H and O–H groups in total. The number of carbonyl (C=O) groups is 1. The molecule has 1 unspecified atom stereocenters. The molecule has 0 spiro atoms. The van der Waals surface area contributed by atoms with Crippen LogP contribution in [0, 0.1) is 5.92 Å². The third-order valence-corrected chi connectivity index (χ3v) is 6.52. The summed E-state index contributed by atoms with van der Waals surface area (Å²) in [5.74, 6) is 1.01. The number of carbonyl (C=O) groups excluding carboxylic acids is 1. The Morgan fingerprint density at radius 3 is 2.36 bits per heavy atom. The molecule has 4 rings (SSSR count). The predicted octanol–water partition coefficient (Wildman–Crippen LogP) is 6.56. The lowest BCUT2D eigenvalue weighted by atomic mass is 10.1. The van der Waals surface area contributed by atoms with Crippen molar-refractivity contribution in [2.24, 2.45) is 5.92 Å². The summed E-state index contributed by atoms with van der Waals surface area (Å²) in [5, 5.41) is 1.27. The molecular formula is C28H27Cl2N3O3. The van der Waals surface area contributed by atoms with Gasteiger partial charge in [0, 0.05) is 11.6 Å². The molecule has 0 bridgehead atoms. The van der Waals surface area contributed by atoms with Crippen molar-refractivity contribution in [2.45, 2.75) is 26.8 Å². The molecule has 1 amide bonds. The number of amides is 1. The van der Waals surface area contributed by atoms with Gasteiger partial charge in [-0.15, -0.1) is 0 Å². The molecule has 0 aliphatic carbocycles. The van der Waals surface area contributed by atoms with Gasteiger partial charge in [0.1, 0.15) is 11.6 Å².